The van der Waals surface area contributed by atoms with Gasteiger partial charge in [-0.1, -0.05) is 24.8 Å². The summed E-state index contributed by atoms with van der Waals surface area (Å²) in [7, 11) is 0. The van der Waals surface area contributed by atoms with Crippen LogP contribution in [-0.2, 0) is 6.54 Å². The largest absolute Gasteiger partial charge is 0.395 e. The Morgan fingerprint density at radius 3 is 3.00 bits per heavy atom. The Hall–Kier alpha value is -1.02. The highest BCUT2D eigenvalue weighted by Crippen LogP contribution is 2.25. The molecule has 2 atom stereocenters. The van der Waals surface area contributed by atoms with Gasteiger partial charge in [0.25, 0.3) is 0 Å². The zero-order valence-electron chi connectivity index (χ0n) is 12.6. The summed E-state index contributed by atoms with van der Waals surface area (Å²) < 4.78 is 13.7. The summed E-state index contributed by atoms with van der Waals surface area (Å²) in [6, 6.07) is 5.69. The van der Waals surface area contributed by atoms with Gasteiger partial charge in [0, 0.05) is 36.6 Å². The van der Waals surface area contributed by atoms with Gasteiger partial charge in [0.15, 0.2) is 0 Å². The van der Waals surface area contributed by atoms with Gasteiger partial charge in [-0.15, -0.1) is 0 Å². The van der Waals surface area contributed by atoms with Crippen LogP contribution in [0.25, 0.3) is 0 Å². The van der Waals surface area contributed by atoms with Crippen LogP contribution in [0.15, 0.2) is 18.2 Å². The lowest BCUT2D eigenvalue weighted by atomic mass is 10.1. The standard InChI is InChI=1S/C17H22FNOS/c1-13-14(2)21-10-8-19(13)12-15-6-7-17(18)16(11-15)5-3-4-9-20/h6-7,11,13-14,20H,4,8-10,12H2,1-2H3. The maximum atomic E-state index is 13.7. The molecule has 0 aromatic heterocycles. The minimum Gasteiger partial charge on any atom is -0.395 e. The Morgan fingerprint density at radius 2 is 2.24 bits per heavy atom. The van der Waals surface area contributed by atoms with Crippen LogP contribution in [0.2, 0.25) is 0 Å². The van der Waals surface area contributed by atoms with Crippen molar-refractivity contribution in [1.29, 1.82) is 0 Å². The maximum absolute atomic E-state index is 13.7. The van der Waals surface area contributed by atoms with Crippen LogP contribution in [0.4, 0.5) is 4.39 Å². The van der Waals surface area contributed by atoms with E-state index in [4.69, 9.17) is 5.11 Å². The number of thioether (sulfide) groups is 1. The molecule has 114 valence electrons. The normalized spacial score (nSPS) is 22.7. The predicted octanol–water partition coefficient (Wildman–Crippen LogP) is 2.89. The van der Waals surface area contributed by atoms with Crippen LogP contribution in [-0.4, -0.2) is 40.2 Å². The first-order valence-corrected chi connectivity index (χ1v) is 8.40. The van der Waals surface area contributed by atoms with Gasteiger partial charge >= 0.3 is 0 Å². The zero-order chi connectivity index (χ0) is 15.2. The number of aliphatic hydroxyl groups is 1. The van der Waals surface area contributed by atoms with Crippen LogP contribution in [0, 0.1) is 17.7 Å². The second kappa shape index (κ2) is 7.84. The molecule has 2 nitrogen and oxygen atoms in total. The summed E-state index contributed by atoms with van der Waals surface area (Å²) in [6.07, 6.45) is 0.377. The zero-order valence-corrected chi connectivity index (χ0v) is 13.4. The quantitative estimate of drug-likeness (QED) is 0.869. The smallest absolute Gasteiger partial charge is 0.138 e. The Kier molecular flexibility index (Phi) is 6.10. The lowest BCUT2D eigenvalue weighted by molar-refractivity contribution is 0.204. The second-order valence-corrected chi connectivity index (χ2v) is 6.86. The third-order valence-corrected chi connectivity index (χ3v) is 5.23. The summed E-state index contributed by atoms with van der Waals surface area (Å²) in [5.74, 6) is 6.44. The van der Waals surface area contributed by atoms with E-state index in [-0.39, 0.29) is 12.4 Å². The van der Waals surface area contributed by atoms with E-state index in [1.807, 2.05) is 23.9 Å². The van der Waals surface area contributed by atoms with E-state index in [0.29, 0.717) is 23.3 Å². The summed E-state index contributed by atoms with van der Waals surface area (Å²) in [5, 5.41) is 9.36. The van der Waals surface area contributed by atoms with Crippen molar-refractivity contribution in [1.82, 2.24) is 4.90 Å². The molecule has 1 saturated heterocycles. The number of hydrogen-bond acceptors (Lipinski definition) is 3. The molecule has 1 aromatic carbocycles. The molecule has 1 heterocycles. The van der Waals surface area contributed by atoms with Crippen molar-refractivity contribution in [3.8, 4) is 11.8 Å². The number of nitrogens with zero attached hydrogens (tertiary/aromatic N) is 1. The van der Waals surface area contributed by atoms with Crippen LogP contribution < -0.4 is 0 Å². The molecule has 2 rings (SSSR count). The van der Waals surface area contributed by atoms with Crippen LogP contribution in [0.3, 0.4) is 0 Å². The molecule has 0 spiro atoms. The highest BCUT2D eigenvalue weighted by atomic mass is 32.2. The number of benzene rings is 1. The van der Waals surface area contributed by atoms with Crippen molar-refractivity contribution in [2.45, 2.75) is 38.1 Å². The van der Waals surface area contributed by atoms with E-state index in [9.17, 15) is 4.39 Å². The summed E-state index contributed by atoms with van der Waals surface area (Å²) in [6.45, 7) is 6.43. The third kappa shape index (κ3) is 4.47. The Balaban J connectivity index is 2.10. The third-order valence-electron chi connectivity index (χ3n) is 3.89. The van der Waals surface area contributed by atoms with E-state index in [0.717, 1.165) is 24.4 Å². The fourth-order valence-corrected chi connectivity index (χ4v) is 3.60. The van der Waals surface area contributed by atoms with E-state index >= 15 is 0 Å². The van der Waals surface area contributed by atoms with Gasteiger partial charge in [-0.2, -0.15) is 11.8 Å². The molecule has 1 N–H and O–H groups in total. The van der Waals surface area contributed by atoms with Gasteiger partial charge in [0.05, 0.1) is 12.2 Å². The van der Waals surface area contributed by atoms with E-state index < -0.39 is 0 Å². The summed E-state index contributed by atoms with van der Waals surface area (Å²) in [4.78, 5) is 2.44. The SMILES string of the molecule is CC1SCCN(Cc2ccc(F)c(C#CCCO)c2)C1C. The first kappa shape index (κ1) is 16.4. The fraction of sp³-hybridized carbons (Fsp3) is 0.529. The van der Waals surface area contributed by atoms with Gasteiger partial charge in [-0.3, -0.25) is 4.90 Å². The van der Waals surface area contributed by atoms with E-state index in [1.54, 1.807) is 0 Å². The van der Waals surface area contributed by atoms with Gasteiger partial charge in [0.1, 0.15) is 5.82 Å². The van der Waals surface area contributed by atoms with Crippen molar-refractivity contribution in [3.05, 3.63) is 35.1 Å². The van der Waals surface area contributed by atoms with E-state index in [2.05, 4.69) is 30.6 Å². The van der Waals surface area contributed by atoms with Crippen LogP contribution >= 0.6 is 11.8 Å². The van der Waals surface area contributed by atoms with Gasteiger partial charge in [-0.25, -0.2) is 4.39 Å². The number of halogens is 1. The predicted molar refractivity (Wildman–Crippen MR) is 86.8 cm³/mol. The monoisotopic (exact) mass is 307 g/mol. The minimum atomic E-state index is -0.292. The highest BCUT2D eigenvalue weighted by molar-refractivity contribution is 8.00. The van der Waals surface area contributed by atoms with Crippen molar-refractivity contribution >= 4 is 11.8 Å². The minimum absolute atomic E-state index is 0.00908. The molecule has 0 amide bonds. The van der Waals surface area contributed by atoms with Crippen LogP contribution in [0.1, 0.15) is 31.4 Å². The average Bonchev–Trinajstić information content (AvgIpc) is 2.47. The maximum Gasteiger partial charge on any atom is 0.138 e. The molecule has 1 aromatic rings. The Labute approximate surface area is 130 Å². The fourth-order valence-electron chi connectivity index (χ4n) is 2.43. The highest BCUT2D eigenvalue weighted by Gasteiger charge is 2.25. The van der Waals surface area contributed by atoms with Crippen molar-refractivity contribution in [3.63, 3.8) is 0 Å². The molecule has 4 heteroatoms. The first-order chi connectivity index (χ1) is 10.1. The lowest BCUT2D eigenvalue weighted by Crippen LogP contribution is -2.43. The van der Waals surface area contributed by atoms with Crippen molar-refractivity contribution in [2.24, 2.45) is 0 Å². The van der Waals surface area contributed by atoms with Crippen molar-refractivity contribution < 1.29 is 9.50 Å². The van der Waals surface area contributed by atoms with Gasteiger partial charge in [0.2, 0.25) is 0 Å². The molecule has 0 bridgehead atoms. The molecule has 21 heavy (non-hydrogen) atoms. The molecular weight excluding hydrogens is 285 g/mol. The number of aliphatic hydroxyl groups excluding tert-OH is 1. The molecule has 0 saturated carbocycles. The number of hydrogen-bond donors (Lipinski definition) is 1. The molecule has 1 aliphatic rings. The molecule has 1 aliphatic heterocycles. The topological polar surface area (TPSA) is 23.5 Å². The molecule has 1 fully saturated rings. The summed E-state index contributed by atoms with van der Waals surface area (Å²) in [5.41, 5.74) is 1.52. The number of rotatable bonds is 3. The Bertz CT molecular complexity index is 537. The second-order valence-electron chi connectivity index (χ2n) is 5.38. The first-order valence-electron chi connectivity index (χ1n) is 7.35. The average molecular weight is 307 g/mol. The van der Waals surface area contributed by atoms with E-state index in [1.165, 1.54) is 6.07 Å². The molecule has 2 unspecified atom stereocenters. The summed E-state index contributed by atoms with van der Waals surface area (Å²) >= 11 is 2.01. The van der Waals surface area contributed by atoms with Gasteiger partial charge in [-0.05, 0) is 24.6 Å². The molecule has 0 radical (unpaired) electrons. The van der Waals surface area contributed by atoms with Crippen LogP contribution in [0.5, 0.6) is 0 Å². The lowest BCUT2D eigenvalue weighted by Gasteiger charge is -2.37. The van der Waals surface area contributed by atoms with Crippen molar-refractivity contribution in [2.75, 3.05) is 18.9 Å². The molecule has 0 aliphatic carbocycles. The Morgan fingerprint density at radius 1 is 1.43 bits per heavy atom. The van der Waals surface area contributed by atoms with Gasteiger partial charge < -0.3 is 5.11 Å². The molecular formula is C17H22FNOS.